The third-order valence-electron chi connectivity index (χ3n) is 3.06. The summed E-state index contributed by atoms with van der Waals surface area (Å²) in [5, 5.41) is 4.83. The van der Waals surface area contributed by atoms with Gasteiger partial charge in [-0.25, -0.2) is 9.97 Å². The smallest absolute Gasteiger partial charge is 0.189 e. The predicted octanol–water partition coefficient (Wildman–Crippen LogP) is 5.22. The zero-order valence-corrected chi connectivity index (χ0v) is 13.3. The number of pyridine rings is 1. The van der Waals surface area contributed by atoms with E-state index in [-0.39, 0.29) is 0 Å². The van der Waals surface area contributed by atoms with Gasteiger partial charge in [0, 0.05) is 21.7 Å². The van der Waals surface area contributed by atoms with Crippen LogP contribution in [0.2, 0.25) is 5.02 Å². The van der Waals surface area contributed by atoms with E-state index < -0.39 is 0 Å². The lowest BCUT2D eigenvalue weighted by atomic mass is 10.1. The van der Waals surface area contributed by atoms with Gasteiger partial charge in [0.05, 0.1) is 5.69 Å². The molecule has 0 aliphatic heterocycles. The Bertz CT molecular complexity index is 765. The zero-order chi connectivity index (χ0) is 14.8. The lowest BCUT2D eigenvalue weighted by Gasteiger charge is -2.01. The van der Waals surface area contributed by atoms with Crippen LogP contribution in [0.4, 0.5) is 10.9 Å². The molecule has 0 fully saturated rings. The molecule has 0 spiro atoms. The Kier molecular flexibility index (Phi) is 3.90. The van der Waals surface area contributed by atoms with Gasteiger partial charge in [-0.3, -0.25) is 0 Å². The maximum absolute atomic E-state index is 5.93. The van der Waals surface area contributed by atoms with E-state index in [9.17, 15) is 0 Å². The molecule has 3 nitrogen and oxygen atoms in total. The molecule has 0 amide bonds. The van der Waals surface area contributed by atoms with Crippen molar-refractivity contribution in [3.05, 3.63) is 58.1 Å². The predicted molar refractivity (Wildman–Crippen MR) is 89.6 cm³/mol. The van der Waals surface area contributed by atoms with E-state index in [1.807, 2.05) is 43.3 Å². The SMILES string of the molecule is Cc1ccnc(Nc2nc(-c3ccc(Cl)cc3)c(C)s2)c1. The largest absolute Gasteiger partial charge is 0.316 e. The monoisotopic (exact) mass is 315 g/mol. The number of hydrogen-bond acceptors (Lipinski definition) is 4. The summed E-state index contributed by atoms with van der Waals surface area (Å²) in [6.07, 6.45) is 1.79. The van der Waals surface area contributed by atoms with E-state index in [4.69, 9.17) is 11.6 Å². The molecule has 2 aromatic heterocycles. The molecule has 0 atom stereocenters. The van der Waals surface area contributed by atoms with E-state index >= 15 is 0 Å². The van der Waals surface area contributed by atoms with E-state index in [1.54, 1.807) is 17.5 Å². The number of hydrogen-bond donors (Lipinski definition) is 1. The summed E-state index contributed by atoms with van der Waals surface area (Å²) in [7, 11) is 0. The van der Waals surface area contributed by atoms with Crippen molar-refractivity contribution in [1.29, 1.82) is 0 Å². The van der Waals surface area contributed by atoms with Gasteiger partial charge >= 0.3 is 0 Å². The quantitative estimate of drug-likeness (QED) is 0.720. The Morgan fingerprint density at radius 2 is 1.86 bits per heavy atom. The van der Waals surface area contributed by atoms with E-state index in [0.29, 0.717) is 0 Å². The molecule has 0 bridgehead atoms. The molecule has 5 heteroatoms. The lowest BCUT2D eigenvalue weighted by molar-refractivity contribution is 1.26. The molecule has 21 heavy (non-hydrogen) atoms. The van der Waals surface area contributed by atoms with Crippen molar-refractivity contribution < 1.29 is 0 Å². The highest BCUT2D eigenvalue weighted by Gasteiger charge is 2.10. The molecule has 0 saturated carbocycles. The number of nitrogens with zero attached hydrogens (tertiary/aromatic N) is 2. The highest BCUT2D eigenvalue weighted by molar-refractivity contribution is 7.16. The van der Waals surface area contributed by atoms with Crippen molar-refractivity contribution in [2.75, 3.05) is 5.32 Å². The zero-order valence-electron chi connectivity index (χ0n) is 11.7. The minimum absolute atomic E-state index is 0.731. The first-order chi connectivity index (χ1) is 10.1. The number of anilines is 2. The van der Waals surface area contributed by atoms with Crippen LogP contribution in [0, 0.1) is 13.8 Å². The number of rotatable bonds is 3. The van der Waals surface area contributed by atoms with Gasteiger partial charge in [0.25, 0.3) is 0 Å². The number of halogens is 1. The second kappa shape index (κ2) is 5.84. The maximum atomic E-state index is 5.93. The van der Waals surface area contributed by atoms with Gasteiger partial charge < -0.3 is 5.32 Å². The van der Waals surface area contributed by atoms with Gasteiger partial charge in [0.15, 0.2) is 5.13 Å². The lowest BCUT2D eigenvalue weighted by Crippen LogP contribution is -1.93. The first kappa shape index (κ1) is 14.0. The van der Waals surface area contributed by atoms with Crippen LogP contribution in [0.25, 0.3) is 11.3 Å². The Morgan fingerprint density at radius 1 is 1.10 bits per heavy atom. The van der Waals surface area contributed by atoms with Crippen LogP contribution in [0.1, 0.15) is 10.4 Å². The van der Waals surface area contributed by atoms with Gasteiger partial charge in [-0.15, -0.1) is 11.3 Å². The molecule has 0 aliphatic rings. The molecular formula is C16H14ClN3S. The van der Waals surface area contributed by atoms with Crippen molar-refractivity contribution in [1.82, 2.24) is 9.97 Å². The second-order valence-electron chi connectivity index (χ2n) is 4.77. The molecule has 0 unspecified atom stereocenters. The van der Waals surface area contributed by atoms with Gasteiger partial charge in [-0.2, -0.15) is 0 Å². The van der Waals surface area contributed by atoms with Crippen LogP contribution in [-0.2, 0) is 0 Å². The second-order valence-corrected chi connectivity index (χ2v) is 6.41. The van der Waals surface area contributed by atoms with Crippen LogP contribution >= 0.6 is 22.9 Å². The molecule has 0 radical (unpaired) electrons. The highest BCUT2D eigenvalue weighted by Crippen LogP contribution is 2.32. The first-order valence-corrected chi connectivity index (χ1v) is 7.74. The van der Waals surface area contributed by atoms with Crippen molar-refractivity contribution in [2.24, 2.45) is 0 Å². The van der Waals surface area contributed by atoms with Crippen LogP contribution in [0.3, 0.4) is 0 Å². The van der Waals surface area contributed by atoms with Crippen molar-refractivity contribution in [2.45, 2.75) is 13.8 Å². The summed E-state index contributed by atoms with van der Waals surface area (Å²) in [5.41, 5.74) is 3.21. The normalized spacial score (nSPS) is 10.6. The third kappa shape index (κ3) is 3.23. The maximum Gasteiger partial charge on any atom is 0.189 e. The molecule has 1 aromatic carbocycles. The number of thiazole rings is 1. The van der Waals surface area contributed by atoms with Gasteiger partial charge in [-0.1, -0.05) is 23.7 Å². The fourth-order valence-corrected chi connectivity index (χ4v) is 3.01. The summed E-state index contributed by atoms with van der Waals surface area (Å²) in [5.74, 6) is 0.811. The van der Waals surface area contributed by atoms with Crippen molar-refractivity contribution in [3.8, 4) is 11.3 Å². The summed E-state index contributed by atoms with van der Waals surface area (Å²) in [6, 6.07) is 11.7. The topological polar surface area (TPSA) is 37.8 Å². The summed E-state index contributed by atoms with van der Waals surface area (Å²) < 4.78 is 0. The van der Waals surface area contributed by atoms with Crippen molar-refractivity contribution >= 4 is 33.9 Å². The Hall–Kier alpha value is -1.91. The number of benzene rings is 1. The van der Waals surface area contributed by atoms with Crippen LogP contribution < -0.4 is 5.32 Å². The van der Waals surface area contributed by atoms with Crippen LogP contribution in [-0.4, -0.2) is 9.97 Å². The van der Waals surface area contributed by atoms with E-state index in [0.717, 1.165) is 32.1 Å². The minimum atomic E-state index is 0.731. The average Bonchev–Trinajstić information content (AvgIpc) is 2.80. The highest BCUT2D eigenvalue weighted by atomic mass is 35.5. The van der Waals surface area contributed by atoms with Crippen LogP contribution in [0.15, 0.2) is 42.6 Å². The summed E-state index contributed by atoms with van der Waals surface area (Å²) >= 11 is 7.55. The van der Waals surface area contributed by atoms with E-state index in [2.05, 4.69) is 22.2 Å². The summed E-state index contributed by atoms with van der Waals surface area (Å²) in [4.78, 5) is 10.1. The Morgan fingerprint density at radius 3 is 2.57 bits per heavy atom. The fraction of sp³-hybridized carbons (Fsp3) is 0.125. The van der Waals surface area contributed by atoms with Gasteiger partial charge in [0.2, 0.25) is 0 Å². The Balaban J connectivity index is 1.89. The summed E-state index contributed by atoms with van der Waals surface area (Å²) in [6.45, 7) is 4.11. The molecule has 3 rings (SSSR count). The number of aromatic nitrogens is 2. The number of nitrogens with one attached hydrogen (secondary N) is 1. The van der Waals surface area contributed by atoms with Crippen LogP contribution in [0.5, 0.6) is 0 Å². The van der Waals surface area contributed by atoms with Gasteiger partial charge in [-0.05, 0) is 43.7 Å². The molecule has 3 aromatic rings. The first-order valence-electron chi connectivity index (χ1n) is 6.55. The third-order valence-corrected chi connectivity index (χ3v) is 4.20. The van der Waals surface area contributed by atoms with E-state index in [1.165, 1.54) is 5.56 Å². The standard InChI is InChI=1S/C16H14ClN3S/c1-10-7-8-18-14(9-10)19-16-20-15(11(2)21-16)12-3-5-13(17)6-4-12/h3-9H,1-2H3,(H,18,19,20). The molecule has 106 valence electrons. The fourth-order valence-electron chi connectivity index (χ4n) is 2.04. The molecule has 0 aliphatic carbocycles. The minimum Gasteiger partial charge on any atom is -0.316 e. The molecule has 1 N–H and O–H groups in total. The average molecular weight is 316 g/mol. The molecule has 2 heterocycles. The van der Waals surface area contributed by atoms with Gasteiger partial charge in [0.1, 0.15) is 5.82 Å². The molecular weight excluding hydrogens is 302 g/mol. The van der Waals surface area contributed by atoms with Crippen molar-refractivity contribution in [3.63, 3.8) is 0 Å². The molecule has 0 saturated heterocycles. The number of aryl methyl sites for hydroxylation is 2. The Labute approximate surface area is 132 Å².